The highest BCUT2D eigenvalue weighted by Crippen LogP contribution is 2.57. The summed E-state index contributed by atoms with van der Waals surface area (Å²) in [5.41, 5.74) is 4.68. The van der Waals surface area contributed by atoms with Crippen LogP contribution >= 0.6 is 0 Å². The molecular formula is C26H24N2O4. The Labute approximate surface area is 186 Å². The zero-order chi connectivity index (χ0) is 22.8. The number of carbonyl (C=O) groups is 2. The Morgan fingerprint density at radius 3 is 1.91 bits per heavy atom. The molecule has 32 heavy (non-hydrogen) atoms. The van der Waals surface area contributed by atoms with Crippen molar-refractivity contribution in [2.45, 2.75) is 24.9 Å². The number of carboxylic acid groups (broad SMARTS) is 1. The van der Waals surface area contributed by atoms with E-state index in [1.54, 1.807) is 12.1 Å². The monoisotopic (exact) mass is 428 g/mol. The molecule has 0 atom stereocenters. The van der Waals surface area contributed by atoms with Crippen LogP contribution in [0, 0.1) is 0 Å². The molecule has 3 N–H and O–H groups in total. The number of hydrogen-bond acceptors (Lipinski definition) is 5. The smallest absolute Gasteiger partial charge is 0.341 e. The lowest BCUT2D eigenvalue weighted by Gasteiger charge is -2.44. The molecule has 0 fully saturated rings. The fourth-order valence-corrected chi connectivity index (χ4v) is 5.23. The van der Waals surface area contributed by atoms with Crippen LogP contribution in [0.15, 0.2) is 54.6 Å². The van der Waals surface area contributed by atoms with E-state index in [0.717, 1.165) is 33.6 Å². The second kappa shape index (κ2) is 6.60. The van der Waals surface area contributed by atoms with Crippen LogP contribution < -0.4 is 10.6 Å². The molecule has 6 nitrogen and oxygen atoms in total. The summed E-state index contributed by atoms with van der Waals surface area (Å²) in [7, 11) is 3.73. The Morgan fingerprint density at radius 1 is 0.844 bits per heavy atom. The number of carboxylic acids is 1. The Balaban J connectivity index is 1.94. The normalized spacial score (nSPS) is 16.6. The first-order chi connectivity index (χ1) is 15.3. The first-order valence-corrected chi connectivity index (χ1v) is 10.5. The van der Waals surface area contributed by atoms with Crippen LogP contribution in [0.4, 0.5) is 11.4 Å². The summed E-state index contributed by atoms with van der Waals surface area (Å²) in [6, 6.07) is 17.0. The van der Waals surface area contributed by atoms with Gasteiger partial charge in [0.25, 0.3) is 0 Å². The summed E-state index contributed by atoms with van der Waals surface area (Å²) in [6.07, 6.45) is 0. The van der Waals surface area contributed by atoms with Crippen molar-refractivity contribution in [3.8, 4) is 0 Å². The second-order valence-corrected chi connectivity index (χ2v) is 8.75. The van der Waals surface area contributed by atoms with Gasteiger partial charge in [-0.1, -0.05) is 38.1 Å². The fraction of sp³-hybridized carbons (Fsp3) is 0.231. The fourth-order valence-electron chi connectivity index (χ4n) is 5.23. The summed E-state index contributed by atoms with van der Waals surface area (Å²) in [4.78, 5) is 25.1. The van der Waals surface area contributed by atoms with E-state index < -0.39 is 17.5 Å². The van der Waals surface area contributed by atoms with E-state index in [9.17, 15) is 14.7 Å². The molecule has 1 heterocycles. The molecule has 2 aliphatic rings. The van der Waals surface area contributed by atoms with Crippen LogP contribution in [0.2, 0.25) is 0 Å². The SMILES string of the molecule is CNc1ccc2c(c1)C(C)(C)c1cc(NC)ccc1C21OC(=O)c2c(C(=O)O)cccc21. The maximum atomic E-state index is 13.2. The molecule has 162 valence electrons. The minimum atomic E-state index is -1.21. The maximum Gasteiger partial charge on any atom is 0.341 e. The molecule has 1 aliphatic heterocycles. The molecule has 0 amide bonds. The van der Waals surface area contributed by atoms with E-state index in [4.69, 9.17) is 4.74 Å². The first-order valence-electron chi connectivity index (χ1n) is 10.5. The number of ether oxygens (including phenoxy) is 1. The van der Waals surface area contributed by atoms with Gasteiger partial charge in [-0.2, -0.15) is 0 Å². The van der Waals surface area contributed by atoms with Gasteiger partial charge < -0.3 is 20.5 Å². The quantitative estimate of drug-likeness (QED) is 0.530. The molecule has 6 heteroatoms. The molecule has 1 aliphatic carbocycles. The van der Waals surface area contributed by atoms with Crippen LogP contribution in [0.1, 0.15) is 62.4 Å². The first kappa shape index (κ1) is 20.1. The third-order valence-corrected chi connectivity index (χ3v) is 6.85. The largest absolute Gasteiger partial charge is 0.478 e. The predicted octanol–water partition coefficient (Wildman–Crippen LogP) is 4.57. The number of benzene rings is 3. The number of rotatable bonds is 3. The van der Waals surface area contributed by atoms with Gasteiger partial charge in [0, 0.05) is 47.6 Å². The summed E-state index contributed by atoms with van der Waals surface area (Å²) < 4.78 is 6.20. The molecule has 1 spiro atoms. The maximum absolute atomic E-state index is 13.2. The summed E-state index contributed by atoms with van der Waals surface area (Å²) in [5.74, 6) is -1.77. The second-order valence-electron chi connectivity index (χ2n) is 8.75. The Morgan fingerprint density at radius 2 is 1.41 bits per heavy atom. The number of esters is 1. The van der Waals surface area contributed by atoms with Crippen molar-refractivity contribution in [2.24, 2.45) is 0 Å². The zero-order valence-electron chi connectivity index (χ0n) is 18.4. The molecule has 0 radical (unpaired) electrons. The van der Waals surface area contributed by atoms with Gasteiger partial charge in [-0.05, 0) is 41.5 Å². The number of anilines is 2. The predicted molar refractivity (Wildman–Crippen MR) is 123 cm³/mol. The highest BCUT2D eigenvalue weighted by Gasteiger charge is 2.56. The van der Waals surface area contributed by atoms with Crippen molar-refractivity contribution < 1.29 is 19.4 Å². The highest BCUT2D eigenvalue weighted by atomic mass is 16.6. The average molecular weight is 428 g/mol. The zero-order valence-corrected chi connectivity index (χ0v) is 18.4. The molecule has 0 bridgehead atoms. The molecule has 3 aromatic carbocycles. The van der Waals surface area contributed by atoms with Gasteiger partial charge in [0.2, 0.25) is 0 Å². The number of fused-ring (bicyclic) bond motifs is 6. The summed E-state index contributed by atoms with van der Waals surface area (Å²) in [6.45, 7) is 4.31. The number of aromatic carboxylic acids is 1. The highest BCUT2D eigenvalue weighted by molar-refractivity contribution is 6.06. The standard InChI is InChI=1S/C26H24N2O4/c1-25(2)20-12-14(27-3)8-10-17(20)26(18-11-9-15(28-4)13-21(18)25)19-7-5-6-16(23(29)30)22(19)24(31)32-26/h5-13,27-28H,1-4H3,(H,29,30). The molecule has 0 saturated carbocycles. The topological polar surface area (TPSA) is 87.7 Å². The van der Waals surface area contributed by atoms with Gasteiger partial charge in [-0.15, -0.1) is 0 Å². The van der Waals surface area contributed by atoms with Crippen LogP contribution in [0.25, 0.3) is 0 Å². The Kier molecular flexibility index (Phi) is 4.15. The van der Waals surface area contributed by atoms with Crippen molar-refractivity contribution in [3.63, 3.8) is 0 Å². The lowest BCUT2D eigenvalue weighted by atomic mass is 9.61. The van der Waals surface area contributed by atoms with Crippen molar-refractivity contribution in [3.05, 3.63) is 93.5 Å². The van der Waals surface area contributed by atoms with Gasteiger partial charge in [0.1, 0.15) is 0 Å². The number of nitrogens with one attached hydrogen (secondary N) is 2. The summed E-state index contributed by atoms with van der Waals surface area (Å²) >= 11 is 0. The van der Waals surface area contributed by atoms with E-state index in [1.165, 1.54) is 6.07 Å². The molecule has 5 rings (SSSR count). The number of carbonyl (C=O) groups excluding carboxylic acids is 1. The van der Waals surface area contributed by atoms with Crippen LogP contribution in [0.3, 0.4) is 0 Å². The average Bonchev–Trinajstić information content (AvgIpc) is 3.10. The van der Waals surface area contributed by atoms with Crippen molar-refractivity contribution in [2.75, 3.05) is 24.7 Å². The molecule has 3 aromatic rings. The molecule has 0 saturated heterocycles. The van der Waals surface area contributed by atoms with E-state index >= 15 is 0 Å². The van der Waals surface area contributed by atoms with Crippen molar-refractivity contribution in [1.29, 1.82) is 0 Å². The van der Waals surface area contributed by atoms with Crippen LogP contribution in [0.5, 0.6) is 0 Å². The van der Waals surface area contributed by atoms with Gasteiger partial charge in [0.15, 0.2) is 5.60 Å². The third-order valence-electron chi connectivity index (χ3n) is 6.85. The minimum absolute atomic E-state index is 0.0454. The van der Waals surface area contributed by atoms with Crippen LogP contribution in [-0.4, -0.2) is 31.1 Å². The summed E-state index contributed by atoms with van der Waals surface area (Å²) in [5, 5.41) is 16.1. The lowest BCUT2D eigenvalue weighted by Crippen LogP contribution is -2.41. The number of hydrogen-bond donors (Lipinski definition) is 3. The van der Waals surface area contributed by atoms with E-state index in [-0.39, 0.29) is 16.5 Å². The third kappa shape index (κ3) is 2.40. The van der Waals surface area contributed by atoms with Crippen molar-refractivity contribution in [1.82, 2.24) is 0 Å². The molecule has 0 aromatic heterocycles. The Bertz CT molecular complexity index is 1250. The van der Waals surface area contributed by atoms with Gasteiger partial charge in [-0.3, -0.25) is 0 Å². The van der Waals surface area contributed by atoms with E-state index in [1.807, 2.05) is 38.4 Å². The van der Waals surface area contributed by atoms with E-state index in [0.29, 0.717) is 5.56 Å². The van der Waals surface area contributed by atoms with Gasteiger partial charge in [-0.25, -0.2) is 9.59 Å². The Hall–Kier alpha value is -3.80. The van der Waals surface area contributed by atoms with Gasteiger partial charge >= 0.3 is 11.9 Å². The van der Waals surface area contributed by atoms with Crippen LogP contribution in [-0.2, 0) is 15.8 Å². The molecule has 0 unspecified atom stereocenters. The lowest BCUT2D eigenvalue weighted by molar-refractivity contribution is 0.0229. The minimum Gasteiger partial charge on any atom is -0.478 e. The van der Waals surface area contributed by atoms with E-state index in [2.05, 4.69) is 36.6 Å². The van der Waals surface area contributed by atoms with Crippen molar-refractivity contribution >= 4 is 23.3 Å². The molecular weight excluding hydrogens is 404 g/mol. The van der Waals surface area contributed by atoms with Gasteiger partial charge in [0.05, 0.1) is 11.1 Å².